The third-order valence-electron chi connectivity index (χ3n) is 1.84. The summed E-state index contributed by atoms with van der Waals surface area (Å²) in [5, 5.41) is 0. The normalized spacial score (nSPS) is 41.6. The van der Waals surface area contributed by atoms with Crippen molar-refractivity contribution in [2.75, 3.05) is 13.2 Å². The Labute approximate surface area is 52.9 Å². The molecule has 0 bridgehead atoms. The highest BCUT2D eigenvalue weighted by atomic mass is 16.7. The molecule has 0 aromatic carbocycles. The van der Waals surface area contributed by atoms with Crippen molar-refractivity contribution in [3.8, 4) is 0 Å². The first kappa shape index (κ1) is 5.38. The molecule has 2 fully saturated rings. The van der Waals surface area contributed by atoms with Crippen LogP contribution in [0, 0.1) is 5.92 Å². The van der Waals surface area contributed by atoms with Crippen LogP contribution in [0.15, 0.2) is 0 Å². The summed E-state index contributed by atoms with van der Waals surface area (Å²) in [6, 6.07) is 0. The van der Waals surface area contributed by atoms with Crippen LogP contribution < -0.4 is 0 Å². The van der Waals surface area contributed by atoms with Crippen LogP contribution in [0.5, 0.6) is 0 Å². The van der Waals surface area contributed by atoms with E-state index >= 15 is 0 Å². The molecule has 0 aromatic rings. The Morgan fingerprint density at radius 2 is 2.33 bits per heavy atom. The van der Waals surface area contributed by atoms with E-state index in [9.17, 15) is 4.79 Å². The quantitative estimate of drug-likeness (QED) is 0.458. The predicted octanol–water partition coefficient (Wildman–Crippen LogP) is -0.0517. The molecule has 0 saturated carbocycles. The van der Waals surface area contributed by atoms with Crippen LogP contribution in [-0.4, -0.2) is 25.3 Å². The van der Waals surface area contributed by atoms with Gasteiger partial charge in [-0.3, -0.25) is 4.79 Å². The van der Waals surface area contributed by atoms with E-state index in [4.69, 9.17) is 9.47 Å². The van der Waals surface area contributed by atoms with Crippen molar-refractivity contribution in [1.82, 2.24) is 0 Å². The van der Waals surface area contributed by atoms with E-state index in [0.717, 1.165) is 6.42 Å². The summed E-state index contributed by atoms with van der Waals surface area (Å²) in [6.07, 6.45) is 0.654. The molecule has 0 amide bonds. The third kappa shape index (κ3) is 0.686. The standard InChI is InChI=1S/C6H8O3/c7-5-3-9-6-4(5)1-2-8-6/h4,6H,1-3H2/t4-,6-/m1/s1. The molecule has 2 rings (SSSR count). The number of carbonyl (C=O) groups is 1. The zero-order valence-corrected chi connectivity index (χ0v) is 5.00. The Morgan fingerprint density at radius 1 is 1.44 bits per heavy atom. The van der Waals surface area contributed by atoms with E-state index in [0.29, 0.717) is 6.61 Å². The van der Waals surface area contributed by atoms with Gasteiger partial charge in [0, 0.05) is 0 Å². The molecular formula is C6H8O3. The smallest absolute Gasteiger partial charge is 0.168 e. The fourth-order valence-corrected chi connectivity index (χ4v) is 1.31. The van der Waals surface area contributed by atoms with Gasteiger partial charge in [-0.2, -0.15) is 0 Å². The minimum absolute atomic E-state index is 0.0602. The minimum Gasteiger partial charge on any atom is -0.352 e. The lowest BCUT2D eigenvalue weighted by molar-refractivity contribution is -0.120. The Morgan fingerprint density at radius 3 is 3.11 bits per heavy atom. The largest absolute Gasteiger partial charge is 0.352 e. The molecule has 2 saturated heterocycles. The highest BCUT2D eigenvalue weighted by Crippen LogP contribution is 2.27. The van der Waals surface area contributed by atoms with Crippen LogP contribution in [-0.2, 0) is 14.3 Å². The van der Waals surface area contributed by atoms with Crippen LogP contribution in [0.1, 0.15) is 6.42 Å². The van der Waals surface area contributed by atoms with Crippen LogP contribution in [0.4, 0.5) is 0 Å². The second-order valence-electron chi connectivity index (χ2n) is 2.41. The van der Waals surface area contributed by atoms with E-state index in [1.54, 1.807) is 0 Å². The first-order chi connectivity index (χ1) is 4.38. The molecule has 2 heterocycles. The zero-order chi connectivity index (χ0) is 6.27. The first-order valence-electron chi connectivity index (χ1n) is 3.14. The topological polar surface area (TPSA) is 35.5 Å². The van der Waals surface area contributed by atoms with Gasteiger partial charge in [0.1, 0.15) is 6.61 Å². The summed E-state index contributed by atoms with van der Waals surface area (Å²) in [4.78, 5) is 10.9. The van der Waals surface area contributed by atoms with Gasteiger partial charge in [0.15, 0.2) is 12.1 Å². The number of fused-ring (bicyclic) bond motifs is 1. The molecular weight excluding hydrogens is 120 g/mol. The maximum atomic E-state index is 10.9. The van der Waals surface area contributed by atoms with E-state index in [2.05, 4.69) is 0 Å². The second kappa shape index (κ2) is 1.78. The number of rotatable bonds is 0. The van der Waals surface area contributed by atoms with Crippen molar-refractivity contribution in [3.05, 3.63) is 0 Å². The van der Waals surface area contributed by atoms with E-state index < -0.39 is 0 Å². The third-order valence-corrected chi connectivity index (χ3v) is 1.84. The summed E-state index contributed by atoms with van der Waals surface area (Å²) in [7, 11) is 0. The van der Waals surface area contributed by atoms with Crippen molar-refractivity contribution in [2.24, 2.45) is 5.92 Å². The van der Waals surface area contributed by atoms with Crippen LogP contribution in [0.3, 0.4) is 0 Å². The van der Waals surface area contributed by atoms with Gasteiger partial charge in [0.05, 0.1) is 12.5 Å². The van der Waals surface area contributed by atoms with Gasteiger partial charge in [-0.25, -0.2) is 0 Å². The van der Waals surface area contributed by atoms with E-state index in [1.807, 2.05) is 0 Å². The van der Waals surface area contributed by atoms with Crippen molar-refractivity contribution in [1.29, 1.82) is 0 Å². The molecule has 2 atom stereocenters. The molecule has 50 valence electrons. The molecule has 9 heavy (non-hydrogen) atoms. The fraction of sp³-hybridized carbons (Fsp3) is 0.833. The van der Waals surface area contributed by atoms with Gasteiger partial charge < -0.3 is 9.47 Å². The van der Waals surface area contributed by atoms with Gasteiger partial charge in [0.2, 0.25) is 0 Å². The molecule has 0 N–H and O–H groups in total. The number of ether oxygens (including phenoxy) is 2. The lowest BCUT2D eigenvalue weighted by Crippen LogP contribution is -2.13. The molecule has 0 unspecified atom stereocenters. The van der Waals surface area contributed by atoms with Crippen molar-refractivity contribution in [3.63, 3.8) is 0 Å². The number of hydrogen-bond acceptors (Lipinski definition) is 3. The zero-order valence-electron chi connectivity index (χ0n) is 5.00. The number of hydrogen-bond donors (Lipinski definition) is 0. The van der Waals surface area contributed by atoms with Crippen LogP contribution in [0.2, 0.25) is 0 Å². The first-order valence-corrected chi connectivity index (χ1v) is 3.14. The summed E-state index contributed by atoms with van der Waals surface area (Å²) in [6.45, 7) is 0.941. The van der Waals surface area contributed by atoms with Crippen molar-refractivity contribution in [2.45, 2.75) is 12.7 Å². The van der Waals surface area contributed by atoms with Gasteiger partial charge >= 0.3 is 0 Å². The maximum absolute atomic E-state index is 10.9. The summed E-state index contributed by atoms with van der Waals surface area (Å²) in [5.41, 5.74) is 0. The second-order valence-corrected chi connectivity index (χ2v) is 2.41. The minimum atomic E-state index is -0.197. The Balaban J connectivity index is 2.15. The predicted molar refractivity (Wildman–Crippen MR) is 28.8 cm³/mol. The molecule has 0 aliphatic carbocycles. The number of carbonyl (C=O) groups excluding carboxylic acids is 1. The van der Waals surface area contributed by atoms with Gasteiger partial charge in [-0.15, -0.1) is 0 Å². The molecule has 0 aromatic heterocycles. The summed E-state index contributed by atoms with van der Waals surface area (Å²) < 4.78 is 10.1. The lowest BCUT2D eigenvalue weighted by atomic mass is 10.1. The van der Waals surface area contributed by atoms with Crippen LogP contribution in [0.25, 0.3) is 0 Å². The average molecular weight is 128 g/mol. The SMILES string of the molecule is O=C1CO[C@H]2OCC[C@H]12. The molecule has 3 nitrogen and oxygen atoms in total. The Bertz CT molecular complexity index is 143. The van der Waals surface area contributed by atoms with Crippen molar-refractivity contribution < 1.29 is 14.3 Å². The highest BCUT2D eigenvalue weighted by Gasteiger charge is 2.40. The fourth-order valence-electron chi connectivity index (χ4n) is 1.31. The molecule has 2 aliphatic heterocycles. The molecule has 2 aliphatic rings. The summed E-state index contributed by atoms with van der Waals surface area (Å²) in [5.74, 6) is 0.266. The average Bonchev–Trinajstić information content (AvgIpc) is 2.35. The number of Topliss-reactive ketones (excluding diaryl/α,β-unsaturated/α-hetero) is 1. The van der Waals surface area contributed by atoms with Gasteiger partial charge in [-0.05, 0) is 6.42 Å². The lowest BCUT2D eigenvalue weighted by Gasteiger charge is -2.02. The maximum Gasteiger partial charge on any atom is 0.168 e. The van der Waals surface area contributed by atoms with Crippen LogP contribution >= 0.6 is 0 Å². The van der Waals surface area contributed by atoms with Gasteiger partial charge in [-0.1, -0.05) is 0 Å². The van der Waals surface area contributed by atoms with E-state index in [-0.39, 0.29) is 24.6 Å². The van der Waals surface area contributed by atoms with E-state index in [1.165, 1.54) is 0 Å². The monoisotopic (exact) mass is 128 g/mol. The highest BCUT2D eigenvalue weighted by molar-refractivity contribution is 5.84. The Kier molecular flexibility index (Phi) is 1.07. The molecule has 0 radical (unpaired) electrons. The Hall–Kier alpha value is -0.410. The van der Waals surface area contributed by atoms with Crippen molar-refractivity contribution >= 4 is 5.78 Å². The molecule has 3 heteroatoms. The molecule has 0 spiro atoms. The summed E-state index contributed by atoms with van der Waals surface area (Å²) >= 11 is 0. The number of ketones is 1. The van der Waals surface area contributed by atoms with Gasteiger partial charge in [0.25, 0.3) is 0 Å².